The molecule has 4 heterocycles. The Labute approximate surface area is 225 Å². The van der Waals surface area contributed by atoms with Crippen molar-refractivity contribution in [2.24, 2.45) is 0 Å². The molecule has 3 aromatic rings. The molecule has 12 heteroatoms. The van der Waals surface area contributed by atoms with Crippen LogP contribution in [0.5, 0.6) is 11.9 Å². The Morgan fingerprint density at radius 3 is 2.39 bits per heavy atom. The van der Waals surface area contributed by atoms with Crippen molar-refractivity contribution in [3.63, 3.8) is 0 Å². The van der Waals surface area contributed by atoms with Gasteiger partial charge in [-0.1, -0.05) is 23.7 Å². The lowest BCUT2D eigenvalue weighted by molar-refractivity contribution is 0.0787. The Bertz CT molecular complexity index is 1460. The number of hydrazine groups is 1. The topological polar surface area (TPSA) is 116 Å². The number of imidazole rings is 1. The molecule has 2 aromatic heterocycles. The molecule has 198 valence electrons. The lowest BCUT2D eigenvalue weighted by Crippen LogP contribution is -2.40. The number of nitrogens with zero attached hydrogens (tertiary/aromatic N) is 5. The number of nitrogens with one attached hydrogen (secondary N) is 2. The van der Waals surface area contributed by atoms with Gasteiger partial charge in [0.15, 0.2) is 5.69 Å². The van der Waals surface area contributed by atoms with Crippen LogP contribution < -0.4 is 20.3 Å². The van der Waals surface area contributed by atoms with Gasteiger partial charge >= 0.3 is 6.01 Å². The molecule has 0 radical (unpaired) electrons. The van der Waals surface area contributed by atoms with Crippen LogP contribution in [0.15, 0.2) is 53.8 Å². The Hall–Kier alpha value is -4.25. The van der Waals surface area contributed by atoms with Gasteiger partial charge in [-0.05, 0) is 44.5 Å². The first-order chi connectivity index (χ1) is 18.3. The predicted molar refractivity (Wildman–Crippen MR) is 140 cm³/mol. The third kappa shape index (κ3) is 4.08. The maximum atomic E-state index is 14.2. The number of carbonyl (C=O) groups is 1. The molecule has 5 rings (SSSR count). The Balaban J connectivity index is 1.78. The van der Waals surface area contributed by atoms with Crippen LogP contribution in [0.4, 0.5) is 0 Å². The number of aromatic nitrogens is 4. The number of benzene rings is 1. The molecule has 0 bridgehead atoms. The highest BCUT2D eigenvalue weighted by Crippen LogP contribution is 2.46. The highest BCUT2D eigenvalue weighted by Gasteiger charge is 2.46. The fourth-order valence-corrected chi connectivity index (χ4v) is 4.88. The summed E-state index contributed by atoms with van der Waals surface area (Å²) in [6, 6.07) is 7.01. The SMILES string of the molecule is COC1=C(N2C(=O)c3nc(-c4cnc(OC)nc4OC)n(C(C)C)c3C2c2ccc(Cl)cc2)C=C(C)NN1. The number of hydrogen-bond acceptors (Lipinski definition) is 9. The van der Waals surface area contributed by atoms with Gasteiger partial charge in [0.05, 0.1) is 32.6 Å². The second-order valence-electron chi connectivity index (χ2n) is 9.04. The summed E-state index contributed by atoms with van der Waals surface area (Å²) in [5.74, 6) is 0.953. The van der Waals surface area contributed by atoms with E-state index < -0.39 is 6.04 Å². The molecule has 0 fully saturated rings. The molecule has 1 aromatic carbocycles. The fourth-order valence-electron chi connectivity index (χ4n) is 4.75. The summed E-state index contributed by atoms with van der Waals surface area (Å²) in [7, 11) is 4.55. The summed E-state index contributed by atoms with van der Waals surface area (Å²) in [5, 5.41) is 0.596. The monoisotopic (exact) mass is 537 g/mol. The van der Waals surface area contributed by atoms with E-state index in [0.29, 0.717) is 39.6 Å². The van der Waals surface area contributed by atoms with E-state index in [1.807, 2.05) is 55.7 Å². The van der Waals surface area contributed by atoms with Crippen LogP contribution in [0.1, 0.15) is 54.6 Å². The lowest BCUT2D eigenvalue weighted by atomic mass is 10.0. The van der Waals surface area contributed by atoms with E-state index in [1.54, 1.807) is 18.2 Å². The Morgan fingerprint density at radius 2 is 1.76 bits per heavy atom. The quantitative estimate of drug-likeness (QED) is 0.462. The molecule has 1 unspecified atom stereocenters. The van der Waals surface area contributed by atoms with Gasteiger partial charge in [0, 0.05) is 23.0 Å². The molecule has 1 amide bonds. The summed E-state index contributed by atoms with van der Waals surface area (Å²) < 4.78 is 18.3. The Kier molecular flexibility index (Phi) is 6.62. The minimum Gasteiger partial charge on any atom is -0.480 e. The van der Waals surface area contributed by atoms with Crippen LogP contribution in [-0.4, -0.2) is 51.7 Å². The number of hydrogen-bond donors (Lipinski definition) is 2. The number of halogens is 1. The third-order valence-electron chi connectivity index (χ3n) is 6.36. The second kappa shape index (κ2) is 9.90. The maximum absolute atomic E-state index is 14.2. The van der Waals surface area contributed by atoms with Gasteiger partial charge in [-0.25, -0.2) is 9.97 Å². The van der Waals surface area contributed by atoms with Crippen LogP contribution in [0.2, 0.25) is 5.02 Å². The van der Waals surface area contributed by atoms with Crippen LogP contribution in [0, 0.1) is 0 Å². The van der Waals surface area contributed by atoms with E-state index in [0.717, 1.165) is 17.0 Å². The smallest absolute Gasteiger partial charge is 0.319 e. The van der Waals surface area contributed by atoms with Crippen molar-refractivity contribution >= 4 is 17.5 Å². The molecule has 1 atom stereocenters. The van der Waals surface area contributed by atoms with Crippen molar-refractivity contribution in [2.75, 3.05) is 21.3 Å². The van der Waals surface area contributed by atoms with Crippen molar-refractivity contribution in [3.8, 4) is 23.3 Å². The maximum Gasteiger partial charge on any atom is 0.319 e. The van der Waals surface area contributed by atoms with Crippen LogP contribution in [0.3, 0.4) is 0 Å². The molecule has 0 spiro atoms. The number of carbonyl (C=O) groups excluding carboxylic acids is 1. The van der Waals surface area contributed by atoms with Gasteiger partial charge in [0.1, 0.15) is 17.6 Å². The largest absolute Gasteiger partial charge is 0.480 e. The number of ether oxygens (including phenoxy) is 3. The van der Waals surface area contributed by atoms with E-state index in [4.69, 9.17) is 30.8 Å². The van der Waals surface area contributed by atoms with Gasteiger partial charge < -0.3 is 24.2 Å². The molecule has 0 aliphatic carbocycles. The Morgan fingerprint density at radius 1 is 1.03 bits per heavy atom. The zero-order valence-electron chi connectivity index (χ0n) is 21.9. The average molecular weight is 538 g/mol. The zero-order valence-corrected chi connectivity index (χ0v) is 22.6. The number of methoxy groups -OCH3 is 3. The zero-order chi connectivity index (χ0) is 27.1. The van der Waals surface area contributed by atoms with Gasteiger partial charge in [-0.2, -0.15) is 4.98 Å². The summed E-state index contributed by atoms with van der Waals surface area (Å²) in [6.45, 7) is 5.96. The molecular formula is C26H28ClN7O4. The second-order valence-corrected chi connectivity index (χ2v) is 9.47. The molecule has 2 N–H and O–H groups in total. The van der Waals surface area contributed by atoms with E-state index in [9.17, 15) is 4.79 Å². The van der Waals surface area contributed by atoms with Gasteiger partial charge in [0.25, 0.3) is 5.91 Å². The number of allylic oxidation sites excluding steroid dienone is 2. The van der Waals surface area contributed by atoms with E-state index in [2.05, 4.69) is 20.8 Å². The van der Waals surface area contributed by atoms with Crippen molar-refractivity contribution in [2.45, 2.75) is 32.9 Å². The summed E-state index contributed by atoms with van der Waals surface area (Å²) in [5.41, 5.74) is 9.89. The number of fused-ring (bicyclic) bond motifs is 1. The van der Waals surface area contributed by atoms with E-state index in [-0.39, 0.29) is 18.0 Å². The highest BCUT2D eigenvalue weighted by atomic mass is 35.5. The van der Waals surface area contributed by atoms with Crippen LogP contribution in [-0.2, 0) is 4.74 Å². The van der Waals surface area contributed by atoms with Crippen molar-refractivity contribution < 1.29 is 19.0 Å². The first-order valence-corrected chi connectivity index (χ1v) is 12.3. The van der Waals surface area contributed by atoms with Crippen molar-refractivity contribution in [1.82, 2.24) is 35.3 Å². The van der Waals surface area contributed by atoms with E-state index in [1.165, 1.54) is 14.2 Å². The average Bonchev–Trinajstić information content (AvgIpc) is 3.43. The van der Waals surface area contributed by atoms with E-state index >= 15 is 0 Å². The number of rotatable bonds is 7. The summed E-state index contributed by atoms with van der Waals surface area (Å²) >= 11 is 6.23. The minimum atomic E-state index is -0.521. The lowest BCUT2D eigenvalue weighted by Gasteiger charge is -2.32. The minimum absolute atomic E-state index is 0.0742. The molecule has 38 heavy (non-hydrogen) atoms. The normalized spacial score (nSPS) is 16.7. The van der Waals surface area contributed by atoms with Crippen LogP contribution in [0.25, 0.3) is 11.4 Å². The third-order valence-corrected chi connectivity index (χ3v) is 6.61. The molecule has 11 nitrogen and oxygen atoms in total. The standard InChI is InChI=1S/C26H28ClN7O4/c1-13(2)33-21-19(29-22(33)17-12-28-26(38-6)30-23(17)36-4)25(35)34(18-11-14(3)31-32-24(18)37-5)20(21)15-7-9-16(27)10-8-15/h7-13,20,31-32H,1-6H3. The molecule has 2 aliphatic heterocycles. The number of amides is 1. The molecule has 0 saturated carbocycles. The molecule has 0 saturated heterocycles. The van der Waals surface area contributed by atoms with Gasteiger partial charge in [-0.15, -0.1) is 0 Å². The first-order valence-electron chi connectivity index (χ1n) is 11.9. The molecular weight excluding hydrogens is 510 g/mol. The van der Waals surface area contributed by atoms with Crippen LogP contribution >= 0.6 is 11.6 Å². The highest BCUT2D eigenvalue weighted by molar-refractivity contribution is 6.30. The fraction of sp³-hybridized carbons (Fsp3) is 0.308. The van der Waals surface area contributed by atoms with Crippen molar-refractivity contribution in [3.05, 3.63) is 75.8 Å². The predicted octanol–water partition coefficient (Wildman–Crippen LogP) is 3.96. The molecule has 2 aliphatic rings. The summed E-state index contributed by atoms with van der Waals surface area (Å²) in [6.07, 6.45) is 3.46. The summed E-state index contributed by atoms with van der Waals surface area (Å²) in [4.78, 5) is 29.3. The van der Waals surface area contributed by atoms with Crippen molar-refractivity contribution in [1.29, 1.82) is 0 Å². The van der Waals surface area contributed by atoms with Gasteiger partial charge in [0.2, 0.25) is 11.8 Å². The first kappa shape index (κ1) is 25.4. The van der Waals surface area contributed by atoms with Gasteiger partial charge in [-0.3, -0.25) is 15.1 Å².